The van der Waals surface area contributed by atoms with Gasteiger partial charge in [0.25, 0.3) is 0 Å². The van der Waals surface area contributed by atoms with Gasteiger partial charge in [-0.25, -0.2) is 5.43 Å². The van der Waals surface area contributed by atoms with Gasteiger partial charge in [0, 0.05) is 5.92 Å². The molecule has 1 N–H and O–H groups in total. The molecule has 1 amide bonds. The fourth-order valence-electron chi connectivity index (χ4n) is 2.56. The Morgan fingerprint density at radius 2 is 1.87 bits per heavy atom. The SMILES string of the molecule is CC(=NNC(=O)[C@H]1C[C@@H]1c1ccccc1)c1ccc(Cl)c(Cl)c1. The first-order valence-electron chi connectivity index (χ1n) is 7.41. The number of nitrogens with zero attached hydrogens (tertiary/aromatic N) is 1. The van der Waals surface area contributed by atoms with Gasteiger partial charge in [0.1, 0.15) is 0 Å². The van der Waals surface area contributed by atoms with Gasteiger partial charge < -0.3 is 0 Å². The van der Waals surface area contributed by atoms with E-state index < -0.39 is 0 Å². The number of hydrazone groups is 1. The van der Waals surface area contributed by atoms with Gasteiger partial charge in [0.2, 0.25) is 5.91 Å². The minimum atomic E-state index is -0.0433. The van der Waals surface area contributed by atoms with Crippen LogP contribution >= 0.6 is 23.2 Å². The third-order valence-corrected chi connectivity index (χ3v) is 4.77. The molecule has 1 fully saturated rings. The summed E-state index contributed by atoms with van der Waals surface area (Å²) in [7, 11) is 0. The molecule has 118 valence electrons. The largest absolute Gasteiger partial charge is 0.273 e. The smallest absolute Gasteiger partial charge is 0.243 e. The molecule has 0 unspecified atom stereocenters. The van der Waals surface area contributed by atoms with E-state index in [-0.39, 0.29) is 11.8 Å². The molecule has 1 aliphatic rings. The van der Waals surface area contributed by atoms with Gasteiger partial charge in [-0.1, -0.05) is 59.6 Å². The normalized spacial score (nSPS) is 20.2. The molecule has 0 heterocycles. The molecule has 0 bridgehead atoms. The topological polar surface area (TPSA) is 41.5 Å². The van der Waals surface area contributed by atoms with Crippen molar-refractivity contribution in [3.8, 4) is 0 Å². The fourth-order valence-corrected chi connectivity index (χ4v) is 2.86. The molecule has 2 aromatic rings. The first-order valence-corrected chi connectivity index (χ1v) is 8.16. The zero-order valence-electron chi connectivity index (χ0n) is 12.6. The average Bonchev–Trinajstić information content (AvgIpc) is 3.36. The fraction of sp³-hybridized carbons (Fsp3) is 0.222. The first kappa shape index (κ1) is 16.0. The number of hydrogen-bond acceptors (Lipinski definition) is 2. The summed E-state index contributed by atoms with van der Waals surface area (Å²) >= 11 is 11.9. The summed E-state index contributed by atoms with van der Waals surface area (Å²) in [5.41, 5.74) is 5.37. The lowest BCUT2D eigenvalue weighted by atomic mass is 10.1. The van der Waals surface area contributed by atoms with Gasteiger partial charge >= 0.3 is 0 Å². The lowest BCUT2D eigenvalue weighted by molar-refractivity contribution is -0.122. The lowest BCUT2D eigenvalue weighted by Gasteiger charge is -2.04. The number of amides is 1. The number of hydrogen-bond donors (Lipinski definition) is 1. The van der Waals surface area contributed by atoms with Gasteiger partial charge in [0.05, 0.1) is 15.8 Å². The van der Waals surface area contributed by atoms with Crippen LogP contribution in [0.5, 0.6) is 0 Å². The van der Waals surface area contributed by atoms with E-state index in [1.54, 1.807) is 12.1 Å². The predicted molar refractivity (Wildman–Crippen MR) is 94.1 cm³/mol. The van der Waals surface area contributed by atoms with Crippen LogP contribution in [0.4, 0.5) is 0 Å². The summed E-state index contributed by atoms with van der Waals surface area (Å²) in [6, 6.07) is 15.4. The van der Waals surface area contributed by atoms with Gasteiger partial charge in [-0.05, 0) is 42.5 Å². The zero-order valence-corrected chi connectivity index (χ0v) is 14.1. The Kier molecular flexibility index (Phi) is 4.69. The van der Waals surface area contributed by atoms with Crippen LogP contribution in [0.15, 0.2) is 53.6 Å². The number of benzene rings is 2. The molecule has 0 aliphatic heterocycles. The molecule has 3 rings (SSSR count). The highest BCUT2D eigenvalue weighted by Gasteiger charge is 2.43. The highest BCUT2D eigenvalue weighted by molar-refractivity contribution is 6.42. The standard InChI is InChI=1S/C18H16Cl2N2O/c1-11(13-7-8-16(19)17(20)9-13)21-22-18(23)15-10-14(15)12-5-3-2-4-6-12/h2-9,14-15H,10H2,1H3,(H,22,23)/t14-,15+/m1/s1. The van der Waals surface area contributed by atoms with Crippen LogP contribution in [-0.2, 0) is 4.79 Å². The van der Waals surface area contributed by atoms with Crippen molar-refractivity contribution in [2.75, 3.05) is 0 Å². The maximum atomic E-state index is 12.2. The van der Waals surface area contributed by atoms with E-state index in [1.807, 2.05) is 31.2 Å². The number of halogens is 2. The molecule has 2 atom stereocenters. The van der Waals surface area contributed by atoms with Crippen LogP contribution in [0.3, 0.4) is 0 Å². The maximum absolute atomic E-state index is 12.2. The maximum Gasteiger partial charge on any atom is 0.243 e. The second kappa shape index (κ2) is 6.73. The Morgan fingerprint density at radius 3 is 2.57 bits per heavy atom. The minimum absolute atomic E-state index is 0.00255. The minimum Gasteiger partial charge on any atom is -0.273 e. The average molecular weight is 347 g/mol. The van der Waals surface area contributed by atoms with E-state index in [2.05, 4.69) is 22.7 Å². The number of nitrogens with one attached hydrogen (secondary N) is 1. The highest BCUT2D eigenvalue weighted by Crippen LogP contribution is 2.47. The van der Waals surface area contributed by atoms with Crippen LogP contribution in [0, 0.1) is 5.92 Å². The quantitative estimate of drug-likeness (QED) is 0.635. The van der Waals surface area contributed by atoms with E-state index in [4.69, 9.17) is 23.2 Å². The molecule has 5 heteroatoms. The Balaban J connectivity index is 1.61. The molecule has 2 aromatic carbocycles. The third-order valence-electron chi connectivity index (χ3n) is 4.03. The molecule has 0 radical (unpaired) electrons. The number of carbonyl (C=O) groups is 1. The van der Waals surface area contributed by atoms with Gasteiger partial charge in [-0.15, -0.1) is 0 Å². The van der Waals surface area contributed by atoms with Gasteiger partial charge in [-0.2, -0.15) is 5.10 Å². The molecule has 0 saturated heterocycles. The Morgan fingerprint density at radius 1 is 1.13 bits per heavy atom. The Labute approximate surface area is 145 Å². The monoisotopic (exact) mass is 346 g/mol. The molecule has 1 saturated carbocycles. The van der Waals surface area contributed by atoms with E-state index in [1.165, 1.54) is 5.56 Å². The highest BCUT2D eigenvalue weighted by atomic mass is 35.5. The summed E-state index contributed by atoms with van der Waals surface area (Å²) in [4.78, 5) is 12.2. The third kappa shape index (κ3) is 3.74. The van der Waals surface area contributed by atoms with Gasteiger partial charge in [0.15, 0.2) is 0 Å². The lowest BCUT2D eigenvalue weighted by Crippen LogP contribution is -2.21. The van der Waals surface area contributed by atoms with Crippen molar-refractivity contribution in [1.29, 1.82) is 0 Å². The summed E-state index contributed by atoms with van der Waals surface area (Å²) < 4.78 is 0. The zero-order chi connectivity index (χ0) is 16.4. The molecular formula is C18H16Cl2N2O. The van der Waals surface area contributed by atoms with Crippen LogP contribution in [0.1, 0.15) is 30.4 Å². The van der Waals surface area contributed by atoms with E-state index in [0.717, 1.165) is 12.0 Å². The van der Waals surface area contributed by atoms with Crippen molar-refractivity contribution in [2.45, 2.75) is 19.3 Å². The van der Waals surface area contributed by atoms with Crippen molar-refractivity contribution < 1.29 is 4.79 Å². The molecule has 0 aromatic heterocycles. The Bertz CT molecular complexity index is 759. The summed E-state index contributed by atoms with van der Waals surface area (Å²) in [6.07, 6.45) is 0.872. The number of carbonyl (C=O) groups excluding carboxylic acids is 1. The van der Waals surface area contributed by atoms with Crippen LogP contribution in [0.25, 0.3) is 0 Å². The molecule has 0 spiro atoms. The first-order chi connectivity index (χ1) is 11.1. The van der Waals surface area contributed by atoms with Crippen molar-refractivity contribution in [3.63, 3.8) is 0 Å². The van der Waals surface area contributed by atoms with E-state index >= 15 is 0 Å². The van der Waals surface area contributed by atoms with E-state index in [9.17, 15) is 4.79 Å². The second-order valence-electron chi connectivity index (χ2n) is 5.66. The number of rotatable bonds is 4. The van der Waals surface area contributed by atoms with Crippen molar-refractivity contribution >= 4 is 34.8 Å². The molecular weight excluding hydrogens is 331 g/mol. The predicted octanol–water partition coefficient (Wildman–Crippen LogP) is 4.64. The summed E-state index contributed by atoms with van der Waals surface area (Å²) in [5.74, 6) is 0.262. The molecule has 3 nitrogen and oxygen atoms in total. The molecule has 1 aliphatic carbocycles. The van der Waals surface area contributed by atoms with Crippen molar-refractivity contribution in [2.24, 2.45) is 11.0 Å². The molecule has 23 heavy (non-hydrogen) atoms. The Hall–Kier alpha value is -1.84. The summed E-state index contributed by atoms with van der Waals surface area (Å²) in [5, 5.41) is 5.13. The second-order valence-corrected chi connectivity index (χ2v) is 6.48. The van der Waals surface area contributed by atoms with Crippen LogP contribution < -0.4 is 5.43 Å². The van der Waals surface area contributed by atoms with Crippen LogP contribution in [-0.4, -0.2) is 11.6 Å². The van der Waals surface area contributed by atoms with Crippen LogP contribution in [0.2, 0.25) is 10.0 Å². The van der Waals surface area contributed by atoms with Crippen molar-refractivity contribution in [3.05, 3.63) is 69.7 Å². The van der Waals surface area contributed by atoms with Gasteiger partial charge in [-0.3, -0.25) is 4.79 Å². The van der Waals surface area contributed by atoms with E-state index in [0.29, 0.717) is 21.7 Å². The summed E-state index contributed by atoms with van der Waals surface area (Å²) in [6.45, 7) is 1.82. The van der Waals surface area contributed by atoms with Crippen molar-refractivity contribution in [1.82, 2.24) is 5.43 Å².